The molecule has 0 aliphatic rings. The van der Waals surface area contributed by atoms with Crippen molar-refractivity contribution in [2.24, 2.45) is 4.99 Å². The van der Waals surface area contributed by atoms with Crippen LogP contribution in [0.25, 0.3) is 16.9 Å². The zero-order chi connectivity index (χ0) is 22.0. The first kappa shape index (κ1) is 20.5. The summed E-state index contributed by atoms with van der Waals surface area (Å²) in [6, 6.07) is 18.0. The predicted octanol–water partition coefficient (Wildman–Crippen LogP) is 5.65. The highest BCUT2D eigenvalue weighted by atomic mass is 35.5. The van der Waals surface area contributed by atoms with E-state index in [0.29, 0.717) is 16.4 Å². The molecule has 0 amide bonds. The van der Waals surface area contributed by atoms with Crippen molar-refractivity contribution < 1.29 is 9.90 Å². The second kappa shape index (κ2) is 8.53. The van der Waals surface area contributed by atoms with Gasteiger partial charge in [0.2, 0.25) is 0 Å². The fourth-order valence-electron chi connectivity index (χ4n) is 3.35. The second-order valence-electron chi connectivity index (χ2n) is 6.99. The van der Waals surface area contributed by atoms with Crippen LogP contribution in [0.1, 0.15) is 27.3 Å². The van der Waals surface area contributed by atoms with Crippen molar-refractivity contribution in [1.82, 2.24) is 14.8 Å². The summed E-state index contributed by atoms with van der Waals surface area (Å²) in [5.41, 5.74) is 5.23. The molecule has 4 aromatic rings. The van der Waals surface area contributed by atoms with Crippen LogP contribution >= 0.6 is 11.6 Å². The highest BCUT2D eigenvalue weighted by Crippen LogP contribution is 2.27. The highest BCUT2D eigenvalue weighted by molar-refractivity contribution is 6.30. The van der Waals surface area contributed by atoms with Gasteiger partial charge in [0, 0.05) is 28.6 Å². The van der Waals surface area contributed by atoms with Crippen molar-refractivity contribution in [3.63, 3.8) is 0 Å². The topological polar surface area (TPSA) is 80.4 Å². The van der Waals surface area contributed by atoms with E-state index < -0.39 is 5.97 Å². The number of hydrogen-bond acceptors (Lipinski definition) is 4. The van der Waals surface area contributed by atoms with Crippen molar-refractivity contribution in [3.05, 3.63) is 94.4 Å². The van der Waals surface area contributed by atoms with E-state index in [-0.39, 0.29) is 5.56 Å². The lowest BCUT2D eigenvalue weighted by molar-refractivity contribution is 0.0698. The molecule has 0 unspecified atom stereocenters. The summed E-state index contributed by atoms with van der Waals surface area (Å²) >= 11 is 6.11. The molecule has 2 aromatic heterocycles. The Bertz CT molecular complexity index is 1300. The number of halogens is 1. The number of aryl methyl sites for hydroxylation is 1. The third kappa shape index (κ3) is 4.25. The lowest BCUT2D eigenvalue weighted by Gasteiger charge is -2.06. The number of benzene rings is 2. The summed E-state index contributed by atoms with van der Waals surface area (Å²) in [4.78, 5) is 20.6. The molecule has 0 aliphatic heterocycles. The molecule has 6 nitrogen and oxygen atoms in total. The molecular formula is C24H19ClN4O2. The van der Waals surface area contributed by atoms with E-state index in [0.717, 1.165) is 28.2 Å². The first-order chi connectivity index (χ1) is 14.9. The summed E-state index contributed by atoms with van der Waals surface area (Å²) in [7, 11) is 0. The van der Waals surface area contributed by atoms with Crippen LogP contribution in [-0.4, -0.2) is 32.1 Å². The summed E-state index contributed by atoms with van der Waals surface area (Å²) in [5, 5.41) is 14.9. The summed E-state index contributed by atoms with van der Waals surface area (Å²) in [6.07, 6.45) is 3.33. The third-order valence-electron chi connectivity index (χ3n) is 4.92. The molecule has 0 aliphatic carbocycles. The highest BCUT2D eigenvalue weighted by Gasteiger charge is 2.14. The molecule has 0 atom stereocenters. The molecule has 0 saturated heterocycles. The van der Waals surface area contributed by atoms with Crippen molar-refractivity contribution >= 4 is 29.5 Å². The molecule has 154 valence electrons. The van der Waals surface area contributed by atoms with E-state index >= 15 is 0 Å². The van der Waals surface area contributed by atoms with Gasteiger partial charge in [-0.3, -0.25) is 9.98 Å². The Kier molecular flexibility index (Phi) is 5.64. The Morgan fingerprint density at radius 1 is 1.10 bits per heavy atom. The van der Waals surface area contributed by atoms with E-state index in [1.54, 1.807) is 35.3 Å². The van der Waals surface area contributed by atoms with E-state index in [1.807, 2.05) is 56.3 Å². The fraction of sp³-hybridized carbons (Fsp3) is 0.0833. The Hall–Kier alpha value is -3.77. The molecule has 31 heavy (non-hydrogen) atoms. The van der Waals surface area contributed by atoms with Crippen LogP contribution in [-0.2, 0) is 0 Å². The second-order valence-corrected chi connectivity index (χ2v) is 7.42. The maximum Gasteiger partial charge on any atom is 0.337 e. The molecule has 0 saturated carbocycles. The molecule has 0 fully saturated rings. The number of aliphatic imine (C=N–C) groups is 1. The number of carboxylic acid groups (broad SMARTS) is 1. The van der Waals surface area contributed by atoms with Gasteiger partial charge in [-0.25, -0.2) is 9.48 Å². The van der Waals surface area contributed by atoms with Crippen molar-refractivity contribution in [3.8, 4) is 16.9 Å². The smallest absolute Gasteiger partial charge is 0.337 e. The van der Waals surface area contributed by atoms with E-state index in [4.69, 9.17) is 11.6 Å². The number of hydrogen-bond donors (Lipinski definition) is 1. The fourth-order valence-corrected chi connectivity index (χ4v) is 3.53. The van der Waals surface area contributed by atoms with Gasteiger partial charge in [-0.05, 0) is 56.3 Å². The van der Waals surface area contributed by atoms with Gasteiger partial charge in [0.1, 0.15) is 0 Å². The minimum Gasteiger partial charge on any atom is -0.478 e. The van der Waals surface area contributed by atoms with Crippen LogP contribution < -0.4 is 0 Å². The number of carboxylic acids is 1. The van der Waals surface area contributed by atoms with Gasteiger partial charge in [0.15, 0.2) is 0 Å². The molecule has 1 N–H and O–H groups in total. The van der Waals surface area contributed by atoms with Gasteiger partial charge in [-0.2, -0.15) is 5.10 Å². The first-order valence-corrected chi connectivity index (χ1v) is 9.97. The summed E-state index contributed by atoms with van der Waals surface area (Å²) < 4.78 is 1.80. The maximum absolute atomic E-state index is 11.8. The number of aromatic carboxylic acids is 1. The zero-order valence-electron chi connectivity index (χ0n) is 17.0. The van der Waals surface area contributed by atoms with E-state index in [9.17, 15) is 9.90 Å². The van der Waals surface area contributed by atoms with Gasteiger partial charge >= 0.3 is 5.97 Å². The van der Waals surface area contributed by atoms with Gasteiger partial charge in [-0.1, -0.05) is 29.8 Å². The number of carbonyl (C=O) groups is 1. The van der Waals surface area contributed by atoms with Crippen LogP contribution in [0.2, 0.25) is 5.02 Å². The Morgan fingerprint density at radius 3 is 2.65 bits per heavy atom. The number of nitrogens with zero attached hydrogens (tertiary/aromatic N) is 4. The Labute approximate surface area is 184 Å². The van der Waals surface area contributed by atoms with E-state index in [1.165, 1.54) is 0 Å². The standard InChI is InChI=1S/C24H19ClN4O2/c1-15-21(16(2)29(28-15)19-7-5-6-18(25)13-19)14-27-23-10-9-17(12-20(23)24(30)31)22-8-3-4-11-26-22/h3-14H,1-2H3,(H,30,31). The van der Waals surface area contributed by atoms with Gasteiger partial charge in [0.05, 0.1) is 34.0 Å². The van der Waals surface area contributed by atoms with Crippen molar-refractivity contribution in [1.29, 1.82) is 0 Å². The van der Waals surface area contributed by atoms with Crippen molar-refractivity contribution in [2.75, 3.05) is 0 Å². The van der Waals surface area contributed by atoms with Gasteiger partial charge in [-0.15, -0.1) is 0 Å². The molecule has 7 heteroatoms. The number of aromatic nitrogens is 3. The largest absolute Gasteiger partial charge is 0.478 e. The monoisotopic (exact) mass is 430 g/mol. The summed E-state index contributed by atoms with van der Waals surface area (Å²) in [5.74, 6) is -1.05. The average Bonchev–Trinajstić information content (AvgIpc) is 3.06. The Morgan fingerprint density at radius 2 is 1.94 bits per heavy atom. The minimum atomic E-state index is -1.05. The minimum absolute atomic E-state index is 0.108. The molecular weight excluding hydrogens is 412 g/mol. The SMILES string of the molecule is Cc1nn(-c2cccc(Cl)c2)c(C)c1C=Nc1ccc(-c2ccccn2)cc1C(=O)O. The normalized spacial score (nSPS) is 11.2. The van der Waals surface area contributed by atoms with Crippen LogP contribution in [0.5, 0.6) is 0 Å². The lowest BCUT2D eigenvalue weighted by atomic mass is 10.1. The van der Waals surface area contributed by atoms with Crippen LogP contribution in [0, 0.1) is 13.8 Å². The molecule has 4 rings (SSSR count). The molecule has 0 spiro atoms. The average molecular weight is 431 g/mol. The first-order valence-electron chi connectivity index (χ1n) is 9.59. The molecule has 0 bridgehead atoms. The Balaban J connectivity index is 1.71. The summed E-state index contributed by atoms with van der Waals surface area (Å²) in [6.45, 7) is 3.82. The molecule has 0 radical (unpaired) electrons. The van der Waals surface area contributed by atoms with Crippen molar-refractivity contribution in [2.45, 2.75) is 13.8 Å². The quantitative estimate of drug-likeness (QED) is 0.414. The van der Waals surface area contributed by atoms with E-state index in [2.05, 4.69) is 15.1 Å². The van der Waals surface area contributed by atoms with Crippen LogP contribution in [0.3, 0.4) is 0 Å². The molecule has 2 heterocycles. The zero-order valence-corrected chi connectivity index (χ0v) is 17.7. The molecule has 2 aromatic carbocycles. The van der Waals surface area contributed by atoms with Gasteiger partial charge in [0.25, 0.3) is 0 Å². The number of rotatable bonds is 5. The van der Waals surface area contributed by atoms with Crippen LogP contribution in [0.15, 0.2) is 71.9 Å². The van der Waals surface area contributed by atoms with Gasteiger partial charge < -0.3 is 5.11 Å². The third-order valence-corrected chi connectivity index (χ3v) is 5.16. The predicted molar refractivity (Wildman–Crippen MR) is 122 cm³/mol. The number of pyridine rings is 1. The van der Waals surface area contributed by atoms with Crippen LogP contribution in [0.4, 0.5) is 5.69 Å². The maximum atomic E-state index is 11.8. The lowest BCUT2D eigenvalue weighted by Crippen LogP contribution is -1.99.